The molecule has 0 saturated heterocycles. The van der Waals surface area contributed by atoms with Crippen molar-refractivity contribution in [2.24, 2.45) is 0 Å². The molecule has 1 N–H and O–H groups in total. The maximum Gasteiger partial charge on any atom is 0.344 e. The Labute approximate surface area is 127 Å². The number of aromatic amines is 1. The highest BCUT2D eigenvalue weighted by atomic mass is 32.2. The summed E-state index contributed by atoms with van der Waals surface area (Å²) in [6.45, 7) is 0. The van der Waals surface area contributed by atoms with Crippen LogP contribution in [0, 0.1) is 0 Å². The zero-order valence-electron chi connectivity index (χ0n) is 11.0. The lowest BCUT2D eigenvalue weighted by Crippen LogP contribution is -2.16. The number of thioether (sulfide) groups is 1. The molecule has 1 unspecified atom stereocenters. The topological polar surface area (TPSA) is 50.7 Å². The molecule has 0 radical (unpaired) electrons. The van der Waals surface area contributed by atoms with Gasteiger partial charge >= 0.3 is 5.69 Å². The molecule has 1 aromatic carbocycles. The molecular weight excluding hydrogens is 290 g/mol. The van der Waals surface area contributed by atoms with Gasteiger partial charge in [-0.25, -0.2) is 9.89 Å². The molecule has 2 aromatic rings. The number of rotatable bonds is 6. The van der Waals surface area contributed by atoms with Crippen LogP contribution in [-0.2, 0) is 0 Å². The van der Waals surface area contributed by atoms with E-state index in [4.69, 9.17) is 0 Å². The molecule has 4 nitrogen and oxygen atoms in total. The molecule has 20 heavy (non-hydrogen) atoms. The second kappa shape index (κ2) is 6.10. The van der Waals surface area contributed by atoms with Gasteiger partial charge in [-0.05, 0) is 24.2 Å². The van der Waals surface area contributed by atoms with E-state index < -0.39 is 0 Å². The van der Waals surface area contributed by atoms with Crippen LogP contribution >= 0.6 is 24.4 Å². The smallest absolute Gasteiger partial charge is 0.267 e. The van der Waals surface area contributed by atoms with E-state index in [0.717, 1.165) is 29.5 Å². The van der Waals surface area contributed by atoms with E-state index in [2.05, 4.69) is 35.0 Å². The Balaban J connectivity index is 1.71. The fraction of sp³-hybridized carbons (Fsp3) is 0.429. The fourth-order valence-electron chi connectivity index (χ4n) is 2.20. The molecule has 1 atom stereocenters. The van der Waals surface area contributed by atoms with Gasteiger partial charge in [-0.1, -0.05) is 42.1 Å². The molecule has 106 valence electrons. The Bertz CT molecular complexity index is 619. The van der Waals surface area contributed by atoms with Gasteiger partial charge in [-0.3, -0.25) is 4.57 Å². The largest absolute Gasteiger partial charge is 0.344 e. The van der Waals surface area contributed by atoms with Gasteiger partial charge in [0.2, 0.25) is 0 Å². The summed E-state index contributed by atoms with van der Waals surface area (Å²) in [5, 5.41) is 7.50. The summed E-state index contributed by atoms with van der Waals surface area (Å²) in [6, 6.07) is 10.7. The molecule has 1 aliphatic carbocycles. The normalized spacial score (nSPS) is 16.2. The highest BCUT2D eigenvalue weighted by Crippen LogP contribution is 2.36. The van der Waals surface area contributed by atoms with Crippen molar-refractivity contribution in [3.8, 4) is 0 Å². The van der Waals surface area contributed by atoms with E-state index in [0.29, 0.717) is 12.0 Å². The Hall–Kier alpha value is -1.14. The molecule has 3 rings (SSSR count). The minimum absolute atomic E-state index is 0.0860. The maximum atomic E-state index is 11.7. The van der Waals surface area contributed by atoms with Gasteiger partial charge in [-0.2, -0.15) is 12.6 Å². The van der Waals surface area contributed by atoms with Crippen molar-refractivity contribution in [3.63, 3.8) is 0 Å². The minimum atomic E-state index is -0.0860. The van der Waals surface area contributed by atoms with E-state index in [1.165, 1.54) is 5.56 Å². The number of thiol groups is 1. The van der Waals surface area contributed by atoms with Crippen LogP contribution in [0.25, 0.3) is 0 Å². The number of nitrogens with one attached hydrogen (secondary N) is 1. The Morgan fingerprint density at radius 1 is 1.40 bits per heavy atom. The van der Waals surface area contributed by atoms with Gasteiger partial charge in [0, 0.05) is 17.7 Å². The van der Waals surface area contributed by atoms with Gasteiger partial charge < -0.3 is 0 Å². The summed E-state index contributed by atoms with van der Waals surface area (Å²) < 4.78 is 1.80. The number of aromatic nitrogens is 3. The van der Waals surface area contributed by atoms with Crippen LogP contribution in [0.3, 0.4) is 0 Å². The van der Waals surface area contributed by atoms with E-state index in [9.17, 15) is 4.79 Å². The van der Waals surface area contributed by atoms with Gasteiger partial charge in [0.1, 0.15) is 0 Å². The minimum Gasteiger partial charge on any atom is -0.267 e. The van der Waals surface area contributed by atoms with Crippen molar-refractivity contribution in [1.82, 2.24) is 14.8 Å². The zero-order valence-corrected chi connectivity index (χ0v) is 12.7. The molecule has 0 bridgehead atoms. The van der Waals surface area contributed by atoms with Crippen LogP contribution in [0.15, 0.2) is 40.3 Å². The van der Waals surface area contributed by atoms with E-state index in [1.807, 2.05) is 18.2 Å². The van der Waals surface area contributed by atoms with E-state index in [1.54, 1.807) is 16.3 Å². The fourth-order valence-corrected chi connectivity index (χ4v) is 3.86. The number of H-pyrrole nitrogens is 1. The van der Waals surface area contributed by atoms with Crippen LogP contribution in [-0.4, -0.2) is 26.3 Å². The van der Waals surface area contributed by atoms with Crippen LogP contribution in [0.5, 0.6) is 0 Å². The first-order chi connectivity index (χ1) is 9.79. The van der Waals surface area contributed by atoms with E-state index in [-0.39, 0.29) is 5.69 Å². The highest BCUT2D eigenvalue weighted by molar-refractivity contribution is 7.99. The predicted octanol–water partition coefficient (Wildman–Crippen LogP) is 2.71. The average Bonchev–Trinajstić information content (AvgIpc) is 3.25. The lowest BCUT2D eigenvalue weighted by atomic mass is 10.0. The molecule has 0 aliphatic heterocycles. The van der Waals surface area contributed by atoms with Gasteiger partial charge in [0.25, 0.3) is 0 Å². The number of nitrogens with zero attached hydrogens (tertiary/aromatic N) is 2. The molecule has 1 saturated carbocycles. The number of benzene rings is 1. The molecular formula is C14H17N3OS2. The zero-order chi connectivity index (χ0) is 13.9. The summed E-state index contributed by atoms with van der Waals surface area (Å²) in [4.78, 5) is 11.7. The van der Waals surface area contributed by atoms with Crippen molar-refractivity contribution >= 4 is 24.4 Å². The highest BCUT2D eigenvalue weighted by Gasteiger charge is 2.28. The van der Waals surface area contributed by atoms with E-state index >= 15 is 0 Å². The summed E-state index contributed by atoms with van der Waals surface area (Å²) in [5.41, 5.74) is 1.20. The Morgan fingerprint density at radius 2 is 2.15 bits per heavy atom. The molecule has 0 amide bonds. The van der Waals surface area contributed by atoms with Crippen LogP contribution < -0.4 is 5.69 Å². The maximum absolute atomic E-state index is 11.7. The summed E-state index contributed by atoms with van der Waals surface area (Å²) in [7, 11) is 0. The van der Waals surface area contributed by atoms with Crippen molar-refractivity contribution in [2.45, 2.75) is 30.0 Å². The van der Waals surface area contributed by atoms with Gasteiger partial charge in [0.15, 0.2) is 5.16 Å². The predicted molar refractivity (Wildman–Crippen MR) is 84.9 cm³/mol. The van der Waals surface area contributed by atoms with Crippen molar-refractivity contribution in [1.29, 1.82) is 0 Å². The monoisotopic (exact) mass is 307 g/mol. The first kappa shape index (κ1) is 13.8. The third kappa shape index (κ3) is 2.96. The molecule has 1 heterocycles. The van der Waals surface area contributed by atoms with Crippen molar-refractivity contribution in [2.75, 3.05) is 11.5 Å². The lowest BCUT2D eigenvalue weighted by molar-refractivity contribution is 0.642. The standard InChI is InChI=1S/C14H17N3OS2/c18-13-15-16-14(17(13)12-6-7-12)20-9-11(8-19)10-4-2-1-3-5-10/h1-5,11-12,19H,6-9H2,(H,15,18). The third-order valence-electron chi connectivity index (χ3n) is 3.49. The SMILES string of the molecule is O=c1[nH]nc(SCC(CS)c2ccccc2)n1C1CC1. The first-order valence-electron chi connectivity index (χ1n) is 6.75. The lowest BCUT2D eigenvalue weighted by Gasteiger charge is -2.14. The quantitative estimate of drug-likeness (QED) is 0.637. The van der Waals surface area contributed by atoms with Gasteiger partial charge in [-0.15, -0.1) is 5.10 Å². The molecule has 1 fully saturated rings. The Kier molecular flexibility index (Phi) is 4.21. The van der Waals surface area contributed by atoms with Gasteiger partial charge in [0.05, 0.1) is 0 Å². The average molecular weight is 307 g/mol. The second-order valence-corrected chi connectivity index (χ2v) is 6.37. The van der Waals surface area contributed by atoms with Crippen LogP contribution in [0.4, 0.5) is 0 Å². The van der Waals surface area contributed by atoms with Crippen molar-refractivity contribution < 1.29 is 0 Å². The molecule has 1 aromatic heterocycles. The molecule has 0 spiro atoms. The molecule has 1 aliphatic rings. The third-order valence-corrected chi connectivity index (χ3v) is 5.05. The summed E-state index contributed by atoms with van der Waals surface area (Å²) in [5.74, 6) is 2.03. The van der Waals surface area contributed by atoms with Crippen LogP contribution in [0.1, 0.15) is 30.4 Å². The molecule has 6 heteroatoms. The number of hydrogen-bond donors (Lipinski definition) is 2. The summed E-state index contributed by atoms with van der Waals surface area (Å²) in [6.07, 6.45) is 2.17. The van der Waals surface area contributed by atoms with Crippen molar-refractivity contribution in [3.05, 3.63) is 46.4 Å². The summed E-state index contributed by atoms with van der Waals surface area (Å²) >= 11 is 6.08. The number of hydrogen-bond acceptors (Lipinski definition) is 4. The Morgan fingerprint density at radius 3 is 2.80 bits per heavy atom. The second-order valence-electron chi connectivity index (χ2n) is 5.01. The first-order valence-corrected chi connectivity index (χ1v) is 8.37. The van der Waals surface area contributed by atoms with Crippen LogP contribution in [0.2, 0.25) is 0 Å².